The lowest BCUT2D eigenvalue weighted by Gasteiger charge is -2.25. The van der Waals surface area contributed by atoms with Crippen molar-refractivity contribution in [3.63, 3.8) is 0 Å². The van der Waals surface area contributed by atoms with Crippen molar-refractivity contribution in [3.8, 4) is 5.75 Å². The average Bonchev–Trinajstić information content (AvgIpc) is 2.60. The van der Waals surface area contributed by atoms with Gasteiger partial charge in [0.25, 0.3) is 0 Å². The summed E-state index contributed by atoms with van der Waals surface area (Å²) in [6, 6.07) is 17.8. The van der Waals surface area contributed by atoms with Crippen LogP contribution >= 0.6 is 23.5 Å². The van der Waals surface area contributed by atoms with Gasteiger partial charge in [0.15, 0.2) is 0 Å². The van der Waals surface area contributed by atoms with Crippen LogP contribution in [-0.4, -0.2) is 35.5 Å². The van der Waals surface area contributed by atoms with Gasteiger partial charge in [-0.2, -0.15) is 16.9 Å². The van der Waals surface area contributed by atoms with Crippen LogP contribution in [0.2, 0.25) is 0 Å². The van der Waals surface area contributed by atoms with Gasteiger partial charge in [0.2, 0.25) is 5.91 Å². The summed E-state index contributed by atoms with van der Waals surface area (Å²) in [7, 11) is 0. The molecule has 1 fully saturated rings. The van der Waals surface area contributed by atoms with Crippen LogP contribution in [0.5, 0.6) is 5.75 Å². The Bertz CT molecular complexity index is 701. The summed E-state index contributed by atoms with van der Waals surface area (Å²) in [5.74, 6) is 3.67. The van der Waals surface area contributed by atoms with E-state index in [0.29, 0.717) is 12.5 Å². The zero-order valence-electron chi connectivity index (χ0n) is 13.8. The minimum absolute atomic E-state index is 0.0814. The van der Waals surface area contributed by atoms with Crippen LogP contribution in [-0.2, 0) is 4.79 Å². The topological polar surface area (TPSA) is 50.7 Å². The molecule has 2 aromatic rings. The highest BCUT2D eigenvalue weighted by Gasteiger charge is 2.19. The van der Waals surface area contributed by atoms with Crippen molar-refractivity contribution < 1.29 is 9.53 Å². The van der Waals surface area contributed by atoms with Gasteiger partial charge in [0.05, 0.1) is 6.21 Å². The predicted molar refractivity (Wildman–Crippen MR) is 106 cm³/mol. The third-order valence-electron chi connectivity index (χ3n) is 3.53. The van der Waals surface area contributed by atoms with Gasteiger partial charge in [-0.1, -0.05) is 18.2 Å². The van der Waals surface area contributed by atoms with Crippen LogP contribution in [0.15, 0.2) is 64.6 Å². The molecule has 1 saturated heterocycles. The molecule has 1 amide bonds. The fourth-order valence-corrected chi connectivity index (χ4v) is 3.56. The summed E-state index contributed by atoms with van der Waals surface area (Å²) in [5, 5.41) is 4.01. The molecule has 0 bridgehead atoms. The molecule has 2 aromatic carbocycles. The molecule has 0 saturated carbocycles. The maximum atomic E-state index is 11.8. The first kappa shape index (κ1) is 17.9. The number of benzene rings is 2. The molecule has 0 radical (unpaired) electrons. The standard InChI is InChI=1S/C19H20N2O2S2/c22-19(10-11-25-18-4-2-1-3-5-18)21-20-12-15-6-8-16(9-7-15)23-17-13-24-14-17/h1-9,12,17H,10-11,13-14H2,(H,21,22). The summed E-state index contributed by atoms with van der Waals surface area (Å²) in [6.45, 7) is 0. The molecule has 1 N–H and O–H groups in total. The van der Waals surface area contributed by atoms with Crippen LogP contribution in [0.1, 0.15) is 12.0 Å². The van der Waals surface area contributed by atoms with Gasteiger partial charge in [0, 0.05) is 28.6 Å². The van der Waals surface area contributed by atoms with Crippen molar-refractivity contribution in [3.05, 3.63) is 60.2 Å². The number of nitrogens with zero attached hydrogens (tertiary/aromatic N) is 1. The van der Waals surface area contributed by atoms with Gasteiger partial charge in [-0.05, 0) is 42.0 Å². The molecule has 4 nitrogen and oxygen atoms in total. The zero-order chi connectivity index (χ0) is 17.3. The highest BCUT2D eigenvalue weighted by atomic mass is 32.2. The van der Waals surface area contributed by atoms with E-state index >= 15 is 0 Å². The number of hydrazone groups is 1. The van der Waals surface area contributed by atoms with E-state index in [-0.39, 0.29) is 5.91 Å². The van der Waals surface area contributed by atoms with Crippen molar-refractivity contribution in [2.45, 2.75) is 17.4 Å². The maximum absolute atomic E-state index is 11.8. The van der Waals surface area contributed by atoms with Gasteiger partial charge in [-0.25, -0.2) is 5.43 Å². The molecule has 3 rings (SSSR count). The number of hydrogen-bond acceptors (Lipinski definition) is 5. The van der Waals surface area contributed by atoms with E-state index in [4.69, 9.17) is 4.74 Å². The van der Waals surface area contributed by atoms with Crippen molar-refractivity contribution in [2.75, 3.05) is 17.3 Å². The van der Waals surface area contributed by atoms with Crippen LogP contribution in [0.25, 0.3) is 0 Å². The van der Waals surface area contributed by atoms with E-state index in [2.05, 4.69) is 10.5 Å². The lowest BCUT2D eigenvalue weighted by atomic mass is 10.2. The largest absolute Gasteiger partial charge is 0.489 e. The summed E-state index contributed by atoms with van der Waals surface area (Å²) < 4.78 is 5.79. The van der Waals surface area contributed by atoms with E-state index in [1.807, 2.05) is 66.4 Å². The van der Waals surface area contributed by atoms with Crippen molar-refractivity contribution in [1.29, 1.82) is 0 Å². The lowest BCUT2D eigenvalue weighted by Crippen LogP contribution is -2.30. The van der Waals surface area contributed by atoms with E-state index < -0.39 is 0 Å². The number of ether oxygens (including phenoxy) is 1. The number of hydrogen-bond donors (Lipinski definition) is 1. The zero-order valence-corrected chi connectivity index (χ0v) is 15.4. The van der Waals surface area contributed by atoms with Gasteiger partial charge in [-0.3, -0.25) is 4.79 Å². The van der Waals surface area contributed by atoms with E-state index in [1.165, 1.54) is 4.90 Å². The Kier molecular flexibility index (Phi) is 6.82. The van der Waals surface area contributed by atoms with Crippen LogP contribution < -0.4 is 10.2 Å². The Morgan fingerprint density at radius 2 is 1.96 bits per heavy atom. The summed E-state index contributed by atoms with van der Waals surface area (Å²) in [4.78, 5) is 12.9. The Hall–Kier alpha value is -1.92. The number of rotatable bonds is 8. The molecule has 0 unspecified atom stereocenters. The molecule has 0 spiro atoms. The van der Waals surface area contributed by atoms with Gasteiger partial charge in [0.1, 0.15) is 11.9 Å². The number of nitrogens with one attached hydrogen (secondary N) is 1. The highest BCUT2D eigenvalue weighted by molar-refractivity contribution is 8.00. The Labute approximate surface area is 156 Å². The van der Waals surface area contributed by atoms with Crippen molar-refractivity contribution in [1.82, 2.24) is 5.43 Å². The van der Waals surface area contributed by atoms with Crippen LogP contribution in [0.4, 0.5) is 0 Å². The SMILES string of the molecule is O=C(CCSc1ccccc1)NN=Cc1ccc(OC2CSC2)cc1. The quantitative estimate of drug-likeness (QED) is 0.435. The predicted octanol–water partition coefficient (Wildman–Crippen LogP) is 3.81. The van der Waals surface area contributed by atoms with E-state index in [0.717, 1.165) is 28.6 Å². The number of carbonyl (C=O) groups excluding carboxylic acids is 1. The highest BCUT2D eigenvalue weighted by Crippen LogP contribution is 2.23. The molecule has 1 aliphatic heterocycles. The number of amides is 1. The molecular weight excluding hydrogens is 352 g/mol. The van der Waals surface area contributed by atoms with Crippen molar-refractivity contribution in [2.24, 2.45) is 5.10 Å². The Morgan fingerprint density at radius 1 is 1.20 bits per heavy atom. The fraction of sp³-hybridized carbons (Fsp3) is 0.263. The van der Waals surface area contributed by atoms with E-state index in [9.17, 15) is 4.79 Å². The average molecular weight is 373 g/mol. The molecular formula is C19H20N2O2S2. The maximum Gasteiger partial charge on any atom is 0.240 e. The van der Waals surface area contributed by atoms with Crippen molar-refractivity contribution >= 4 is 35.6 Å². The molecule has 0 aliphatic carbocycles. The molecule has 25 heavy (non-hydrogen) atoms. The minimum atomic E-state index is -0.0814. The minimum Gasteiger partial charge on any atom is -0.489 e. The molecule has 0 aromatic heterocycles. The molecule has 6 heteroatoms. The summed E-state index contributed by atoms with van der Waals surface area (Å²) in [5.41, 5.74) is 3.49. The normalized spacial score (nSPS) is 14.2. The Balaban J connectivity index is 1.36. The van der Waals surface area contributed by atoms with Crippen LogP contribution in [0, 0.1) is 0 Å². The molecule has 0 atom stereocenters. The third-order valence-corrected chi connectivity index (χ3v) is 5.76. The second-order valence-electron chi connectivity index (χ2n) is 5.55. The first-order valence-electron chi connectivity index (χ1n) is 8.14. The summed E-state index contributed by atoms with van der Waals surface area (Å²) in [6.07, 6.45) is 2.42. The van der Waals surface area contributed by atoms with Gasteiger partial charge in [-0.15, -0.1) is 11.8 Å². The van der Waals surface area contributed by atoms with Gasteiger partial charge < -0.3 is 4.74 Å². The van der Waals surface area contributed by atoms with Crippen LogP contribution in [0.3, 0.4) is 0 Å². The second-order valence-corrected chi connectivity index (χ2v) is 7.79. The number of thioether (sulfide) groups is 2. The third kappa shape index (κ3) is 6.14. The van der Waals surface area contributed by atoms with Gasteiger partial charge >= 0.3 is 0 Å². The molecule has 130 valence electrons. The lowest BCUT2D eigenvalue weighted by molar-refractivity contribution is -0.120. The monoisotopic (exact) mass is 372 g/mol. The first-order valence-corrected chi connectivity index (χ1v) is 10.3. The summed E-state index contributed by atoms with van der Waals surface area (Å²) >= 11 is 3.56. The smallest absolute Gasteiger partial charge is 0.240 e. The first-order chi connectivity index (χ1) is 12.3. The number of carbonyl (C=O) groups is 1. The fourth-order valence-electron chi connectivity index (χ4n) is 2.12. The molecule has 1 aliphatic rings. The Morgan fingerprint density at radius 3 is 2.64 bits per heavy atom. The van der Waals surface area contributed by atoms with E-state index in [1.54, 1.807) is 18.0 Å². The second kappa shape index (κ2) is 9.53. The molecule has 1 heterocycles.